The Morgan fingerprint density at radius 3 is 2.76 bits per heavy atom. The number of alkyl halides is 1. The van der Waals surface area contributed by atoms with Gasteiger partial charge in [-0.1, -0.05) is 12.1 Å². The smallest absolute Gasteiger partial charge is 0.261 e. The summed E-state index contributed by atoms with van der Waals surface area (Å²) in [6.07, 6.45) is 1.78. The summed E-state index contributed by atoms with van der Waals surface area (Å²) in [4.78, 5) is 11.0. The third kappa shape index (κ3) is 4.19. The van der Waals surface area contributed by atoms with Crippen molar-refractivity contribution < 1.29 is 18.0 Å². The molecular formula is C24H29F2N5O2. The minimum Gasteiger partial charge on any atom is -0.377 e. The van der Waals surface area contributed by atoms with E-state index in [4.69, 9.17) is 9.26 Å². The van der Waals surface area contributed by atoms with Crippen LogP contribution in [0.25, 0.3) is 22.4 Å². The lowest BCUT2D eigenvalue weighted by Crippen LogP contribution is -2.41. The van der Waals surface area contributed by atoms with Crippen LogP contribution in [0.2, 0.25) is 0 Å². The largest absolute Gasteiger partial charge is 0.377 e. The van der Waals surface area contributed by atoms with Crippen LogP contribution in [0, 0.1) is 19.7 Å². The highest BCUT2D eigenvalue weighted by atomic mass is 19.1. The summed E-state index contributed by atoms with van der Waals surface area (Å²) >= 11 is 0. The number of nitrogens with one attached hydrogen (secondary N) is 1. The van der Waals surface area contributed by atoms with E-state index < -0.39 is 6.17 Å². The molecular weight excluding hydrogens is 428 g/mol. The Morgan fingerprint density at radius 2 is 2.06 bits per heavy atom. The molecule has 9 heteroatoms. The molecule has 0 aliphatic carbocycles. The lowest BCUT2D eigenvalue weighted by molar-refractivity contribution is 0.105. The van der Waals surface area contributed by atoms with Crippen LogP contribution in [0.1, 0.15) is 36.7 Å². The molecule has 2 aromatic heterocycles. The van der Waals surface area contributed by atoms with Gasteiger partial charge < -0.3 is 19.5 Å². The summed E-state index contributed by atoms with van der Waals surface area (Å²) in [5.74, 6) is 0.884. The number of hydrogen-bond acceptors (Lipinski definition) is 7. The Bertz CT molecular complexity index is 1160. The van der Waals surface area contributed by atoms with Crippen LogP contribution in [0.4, 0.5) is 14.6 Å². The van der Waals surface area contributed by atoms with Crippen LogP contribution in [-0.2, 0) is 11.2 Å². The number of rotatable bonds is 6. The molecule has 2 saturated heterocycles. The summed E-state index contributed by atoms with van der Waals surface area (Å²) in [5, 5.41) is 7.95. The van der Waals surface area contributed by atoms with Crippen LogP contribution in [0.15, 0.2) is 16.7 Å². The van der Waals surface area contributed by atoms with Gasteiger partial charge in [-0.2, -0.15) is 4.98 Å². The van der Waals surface area contributed by atoms with E-state index in [0.29, 0.717) is 48.0 Å². The minimum atomic E-state index is -1.09. The molecule has 2 fully saturated rings. The van der Waals surface area contributed by atoms with Crippen molar-refractivity contribution >= 4 is 16.7 Å². The molecule has 0 radical (unpaired) electrons. The van der Waals surface area contributed by atoms with Gasteiger partial charge in [0.05, 0.1) is 24.3 Å². The highest BCUT2D eigenvalue weighted by molar-refractivity contribution is 5.93. The van der Waals surface area contributed by atoms with E-state index in [2.05, 4.69) is 20.4 Å². The van der Waals surface area contributed by atoms with Crippen molar-refractivity contribution in [2.75, 3.05) is 31.1 Å². The van der Waals surface area contributed by atoms with Gasteiger partial charge in [0.25, 0.3) is 5.89 Å². The predicted molar refractivity (Wildman–Crippen MR) is 122 cm³/mol. The van der Waals surface area contributed by atoms with Gasteiger partial charge in [-0.15, -0.1) is 0 Å². The van der Waals surface area contributed by atoms with Gasteiger partial charge in [0.15, 0.2) is 5.82 Å². The van der Waals surface area contributed by atoms with Crippen molar-refractivity contribution in [3.8, 4) is 11.5 Å². The molecule has 0 unspecified atom stereocenters. The van der Waals surface area contributed by atoms with E-state index in [1.165, 1.54) is 6.07 Å². The second-order valence-corrected chi connectivity index (χ2v) is 8.98. The van der Waals surface area contributed by atoms with E-state index in [0.717, 1.165) is 30.6 Å². The molecule has 3 atom stereocenters. The number of hydrogen-bond donors (Lipinski definition) is 1. The Labute approximate surface area is 191 Å². The quantitative estimate of drug-likeness (QED) is 0.602. The lowest BCUT2D eigenvalue weighted by atomic mass is 10.00. The standard InChI is InChI=1S/C24H29F2N5O2/c1-4-15-8-17-13(2)21(24-28-14(3)30-33-24)23(29-22(17)18(25)9-15)31-11-19(26)20(12-31)27-10-16-6-5-7-32-16/h8-9,16,19-20,27H,4-7,10-12H2,1-3H3/t16-,19+,20-/m1/s1. The Kier molecular flexibility index (Phi) is 6.01. The first kappa shape index (κ1) is 22.2. The van der Waals surface area contributed by atoms with Crippen molar-refractivity contribution in [3.05, 3.63) is 34.9 Å². The third-order valence-electron chi connectivity index (χ3n) is 6.67. The molecule has 1 N–H and O–H groups in total. The SMILES string of the molecule is CCc1cc(F)c2nc(N3C[C@H](F)[C@H](NC[C@H]4CCCO4)C3)c(-c3nc(C)no3)c(C)c2c1. The van der Waals surface area contributed by atoms with Crippen molar-refractivity contribution in [2.45, 2.75) is 58.4 Å². The molecule has 176 valence electrons. The van der Waals surface area contributed by atoms with E-state index in [9.17, 15) is 0 Å². The first-order valence-corrected chi connectivity index (χ1v) is 11.6. The zero-order chi connectivity index (χ0) is 23.1. The molecule has 0 amide bonds. The van der Waals surface area contributed by atoms with Crippen LogP contribution >= 0.6 is 0 Å². The Morgan fingerprint density at radius 1 is 1.21 bits per heavy atom. The number of pyridine rings is 1. The van der Waals surface area contributed by atoms with E-state index in [1.807, 2.05) is 24.8 Å². The Balaban J connectivity index is 1.54. The Hall–Kier alpha value is -2.65. The average molecular weight is 458 g/mol. The maximum absolute atomic E-state index is 15.0. The first-order chi connectivity index (χ1) is 15.9. The normalized spacial score (nSPS) is 23.2. The second-order valence-electron chi connectivity index (χ2n) is 8.98. The van der Waals surface area contributed by atoms with Crippen LogP contribution in [0.5, 0.6) is 0 Å². The van der Waals surface area contributed by atoms with Gasteiger partial charge in [-0.25, -0.2) is 13.8 Å². The van der Waals surface area contributed by atoms with Gasteiger partial charge >= 0.3 is 0 Å². The molecule has 3 aromatic rings. The van der Waals surface area contributed by atoms with Gasteiger partial charge in [0.1, 0.15) is 23.3 Å². The zero-order valence-corrected chi connectivity index (χ0v) is 19.2. The average Bonchev–Trinajstić information content (AvgIpc) is 3.54. The number of aromatic nitrogens is 3. The van der Waals surface area contributed by atoms with E-state index in [-0.39, 0.29) is 30.0 Å². The molecule has 7 nitrogen and oxygen atoms in total. The van der Waals surface area contributed by atoms with Crippen LogP contribution in [-0.4, -0.2) is 59.7 Å². The monoisotopic (exact) mass is 457 g/mol. The summed E-state index contributed by atoms with van der Waals surface area (Å²) in [6, 6.07) is 3.10. The zero-order valence-electron chi connectivity index (χ0n) is 19.2. The second kappa shape index (κ2) is 8.95. The number of anilines is 1. The molecule has 0 saturated carbocycles. The number of halogens is 2. The van der Waals surface area contributed by atoms with Gasteiger partial charge in [0, 0.05) is 25.1 Å². The molecule has 0 spiro atoms. The fourth-order valence-corrected chi connectivity index (χ4v) is 4.82. The molecule has 33 heavy (non-hydrogen) atoms. The topological polar surface area (TPSA) is 76.3 Å². The maximum Gasteiger partial charge on any atom is 0.261 e. The number of aryl methyl sites for hydroxylation is 3. The van der Waals surface area contributed by atoms with Crippen LogP contribution in [0.3, 0.4) is 0 Å². The molecule has 4 heterocycles. The highest BCUT2D eigenvalue weighted by Crippen LogP contribution is 2.38. The highest BCUT2D eigenvalue weighted by Gasteiger charge is 2.36. The summed E-state index contributed by atoms with van der Waals surface area (Å²) < 4.78 is 41.2. The van der Waals surface area contributed by atoms with Crippen LogP contribution < -0.4 is 10.2 Å². The molecule has 0 bridgehead atoms. The van der Waals surface area contributed by atoms with Gasteiger partial charge in [-0.05, 0) is 56.4 Å². The predicted octanol–water partition coefficient (Wildman–Crippen LogP) is 3.90. The number of fused-ring (bicyclic) bond motifs is 1. The molecule has 5 rings (SSSR count). The van der Waals surface area contributed by atoms with Crippen molar-refractivity contribution in [1.82, 2.24) is 20.4 Å². The fourth-order valence-electron chi connectivity index (χ4n) is 4.82. The van der Waals surface area contributed by atoms with E-state index >= 15 is 8.78 Å². The molecule has 2 aliphatic heterocycles. The number of nitrogens with zero attached hydrogens (tertiary/aromatic N) is 4. The van der Waals surface area contributed by atoms with E-state index in [1.54, 1.807) is 6.92 Å². The van der Waals surface area contributed by atoms with Gasteiger partial charge in [0.2, 0.25) is 0 Å². The van der Waals surface area contributed by atoms with Crippen molar-refractivity contribution in [1.29, 1.82) is 0 Å². The molecule has 2 aliphatic rings. The summed E-state index contributed by atoms with van der Waals surface area (Å²) in [7, 11) is 0. The number of ether oxygens (including phenoxy) is 1. The fraction of sp³-hybridized carbons (Fsp3) is 0.542. The first-order valence-electron chi connectivity index (χ1n) is 11.6. The third-order valence-corrected chi connectivity index (χ3v) is 6.67. The lowest BCUT2D eigenvalue weighted by Gasteiger charge is -2.22. The van der Waals surface area contributed by atoms with Crippen molar-refractivity contribution in [3.63, 3.8) is 0 Å². The summed E-state index contributed by atoms with van der Waals surface area (Å²) in [5.41, 5.74) is 2.57. The summed E-state index contributed by atoms with van der Waals surface area (Å²) in [6.45, 7) is 7.56. The number of benzene rings is 1. The maximum atomic E-state index is 15.0. The minimum absolute atomic E-state index is 0.131. The van der Waals surface area contributed by atoms with Crippen molar-refractivity contribution in [2.24, 2.45) is 0 Å². The molecule has 1 aromatic carbocycles. The van der Waals surface area contributed by atoms with Gasteiger partial charge in [-0.3, -0.25) is 0 Å².